The first-order valence-electron chi connectivity index (χ1n) is 4.29. The van der Waals surface area contributed by atoms with E-state index in [2.05, 4.69) is 17.0 Å². The van der Waals surface area contributed by atoms with Crippen molar-refractivity contribution in [1.29, 1.82) is 0 Å². The summed E-state index contributed by atoms with van der Waals surface area (Å²) in [6, 6.07) is 0. The number of hydrogen-bond acceptors (Lipinski definition) is 3. The summed E-state index contributed by atoms with van der Waals surface area (Å²) in [7, 11) is 1.36. The van der Waals surface area contributed by atoms with Crippen molar-refractivity contribution in [2.75, 3.05) is 13.7 Å². The van der Waals surface area contributed by atoms with E-state index >= 15 is 0 Å². The van der Waals surface area contributed by atoms with Gasteiger partial charge in [0.15, 0.2) is 0 Å². The second-order valence-electron chi connectivity index (χ2n) is 2.52. The topological polar surface area (TPSA) is 38.3 Å². The zero-order valence-corrected chi connectivity index (χ0v) is 7.80. The van der Waals surface area contributed by atoms with Crippen LogP contribution in [0.3, 0.4) is 0 Å². The molecule has 12 heavy (non-hydrogen) atoms. The van der Waals surface area contributed by atoms with Crippen molar-refractivity contribution in [3.63, 3.8) is 0 Å². The lowest BCUT2D eigenvalue weighted by Crippen LogP contribution is -2.07. The minimum atomic E-state index is -0.321. The molecule has 70 valence electrons. The van der Waals surface area contributed by atoms with Crippen molar-refractivity contribution < 1.29 is 9.53 Å². The maximum absolute atomic E-state index is 10.6. The zero-order chi connectivity index (χ0) is 9.23. The van der Waals surface area contributed by atoms with Gasteiger partial charge in [-0.2, -0.15) is 0 Å². The number of carbonyl (C=O) groups is 1. The molecule has 0 rings (SSSR count). The van der Waals surface area contributed by atoms with Crippen LogP contribution in [-0.4, -0.2) is 19.6 Å². The molecule has 0 fully saturated rings. The zero-order valence-electron chi connectivity index (χ0n) is 7.80. The molecule has 0 atom stereocenters. The molecule has 3 heteroatoms. The van der Waals surface area contributed by atoms with E-state index in [4.69, 9.17) is 0 Å². The number of carbonyl (C=O) groups excluding carboxylic acids is 1. The van der Waals surface area contributed by atoms with Crippen LogP contribution < -0.4 is 5.32 Å². The molecular formula is C9H17NO2. The maximum Gasteiger partial charge on any atom is 0.331 e. The first kappa shape index (κ1) is 11.0. The standard InChI is InChI=1S/C9H17NO2/c1-3-4-5-7-10-8-6-9(11)12-2/h6,8,10H,3-5,7H2,1-2H3/b8-6+. The van der Waals surface area contributed by atoms with Crippen molar-refractivity contribution in [2.45, 2.75) is 26.2 Å². The van der Waals surface area contributed by atoms with Crippen LogP contribution in [0.25, 0.3) is 0 Å². The quantitative estimate of drug-likeness (QED) is 0.373. The van der Waals surface area contributed by atoms with E-state index in [0.717, 1.165) is 13.0 Å². The maximum atomic E-state index is 10.6. The molecular weight excluding hydrogens is 154 g/mol. The highest BCUT2D eigenvalue weighted by Gasteiger charge is 1.88. The van der Waals surface area contributed by atoms with Crippen LogP contribution in [0.2, 0.25) is 0 Å². The fraction of sp³-hybridized carbons (Fsp3) is 0.667. The number of methoxy groups -OCH3 is 1. The Labute approximate surface area is 73.8 Å². The van der Waals surface area contributed by atoms with Crippen molar-refractivity contribution in [3.8, 4) is 0 Å². The smallest absolute Gasteiger partial charge is 0.331 e. The predicted octanol–water partition coefficient (Wildman–Crippen LogP) is 1.45. The normalized spacial score (nSPS) is 10.2. The first-order valence-corrected chi connectivity index (χ1v) is 4.29. The van der Waals surface area contributed by atoms with E-state index < -0.39 is 0 Å². The lowest BCUT2D eigenvalue weighted by atomic mass is 10.2. The molecule has 0 bridgehead atoms. The summed E-state index contributed by atoms with van der Waals surface area (Å²) in [4.78, 5) is 10.6. The summed E-state index contributed by atoms with van der Waals surface area (Å²) in [6.45, 7) is 3.08. The van der Waals surface area contributed by atoms with Gasteiger partial charge in [0, 0.05) is 18.8 Å². The van der Waals surface area contributed by atoms with Crippen molar-refractivity contribution in [2.24, 2.45) is 0 Å². The molecule has 0 aliphatic rings. The molecule has 0 aliphatic carbocycles. The van der Waals surface area contributed by atoms with Gasteiger partial charge in [-0.3, -0.25) is 0 Å². The highest BCUT2D eigenvalue weighted by atomic mass is 16.5. The van der Waals surface area contributed by atoms with Gasteiger partial charge in [0.2, 0.25) is 0 Å². The van der Waals surface area contributed by atoms with Gasteiger partial charge in [0.1, 0.15) is 0 Å². The molecule has 0 aromatic rings. The van der Waals surface area contributed by atoms with E-state index in [0.29, 0.717) is 0 Å². The highest BCUT2D eigenvalue weighted by molar-refractivity contribution is 5.81. The Kier molecular flexibility index (Phi) is 7.44. The van der Waals surface area contributed by atoms with Crippen molar-refractivity contribution in [3.05, 3.63) is 12.3 Å². The molecule has 0 saturated heterocycles. The van der Waals surface area contributed by atoms with Gasteiger partial charge in [-0.05, 0) is 6.42 Å². The number of unbranched alkanes of at least 4 members (excludes halogenated alkanes) is 2. The van der Waals surface area contributed by atoms with Crippen LogP contribution in [0.1, 0.15) is 26.2 Å². The van der Waals surface area contributed by atoms with Gasteiger partial charge >= 0.3 is 5.97 Å². The van der Waals surface area contributed by atoms with Crippen molar-refractivity contribution in [1.82, 2.24) is 5.32 Å². The summed E-state index contributed by atoms with van der Waals surface area (Å²) < 4.78 is 4.41. The molecule has 0 amide bonds. The van der Waals surface area contributed by atoms with Crippen molar-refractivity contribution >= 4 is 5.97 Å². The molecule has 0 heterocycles. The highest BCUT2D eigenvalue weighted by Crippen LogP contribution is 1.90. The van der Waals surface area contributed by atoms with Crippen LogP contribution in [0, 0.1) is 0 Å². The van der Waals surface area contributed by atoms with Gasteiger partial charge in [0.05, 0.1) is 7.11 Å². The molecule has 0 radical (unpaired) electrons. The lowest BCUT2D eigenvalue weighted by Gasteiger charge is -1.97. The number of rotatable bonds is 6. The average Bonchev–Trinajstić information content (AvgIpc) is 2.10. The molecule has 0 aromatic heterocycles. The van der Waals surface area contributed by atoms with Gasteiger partial charge in [-0.25, -0.2) is 4.79 Å². The first-order chi connectivity index (χ1) is 5.81. The fourth-order valence-electron chi connectivity index (χ4n) is 0.755. The summed E-state index contributed by atoms with van der Waals surface area (Å²) in [5.41, 5.74) is 0. The summed E-state index contributed by atoms with van der Waals surface area (Å²) in [5, 5.41) is 3.00. The molecule has 1 N–H and O–H groups in total. The van der Waals surface area contributed by atoms with Crippen LogP contribution in [0.15, 0.2) is 12.3 Å². The van der Waals surface area contributed by atoms with Gasteiger partial charge < -0.3 is 10.1 Å². The number of nitrogens with one attached hydrogen (secondary N) is 1. The van der Waals surface area contributed by atoms with Crippen LogP contribution in [0.4, 0.5) is 0 Å². The molecule has 0 saturated carbocycles. The SMILES string of the molecule is CCCCCN/C=C/C(=O)OC. The summed E-state index contributed by atoms with van der Waals surface area (Å²) >= 11 is 0. The fourth-order valence-corrected chi connectivity index (χ4v) is 0.755. The third-order valence-electron chi connectivity index (χ3n) is 1.46. The number of ether oxygens (including phenoxy) is 1. The van der Waals surface area contributed by atoms with Crippen LogP contribution in [-0.2, 0) is 9.53 Å². The Morgan fingerprint density at radius 2 is 2.25 bits per heavy atom. The molecule has 0 spiro atoms. The van der Waals surface area contributed by atoms with E-state index in [1.165, 1.54) is 26.0 Å². The average molecular weight is 171 g/mol. The Hall–Kier alpha value is -0.990. The monoisotopic (exact) mass is 171 g/mol. The molecule has 0 unspecified atom stereocenters. The second kappa shape index (κ2) is 8.11. The van der Waals surface area contributed by atoms with E-state index in [9.17, 15) is 4.79 Å². The molecule has 0 aliphatic heterocycles. The number of esters is 1. The summed E-state index contributed by atoms with van der Waals surface area (Å²) in [5.74, 6) is -0.321. The van der Waals surface area contributed by atoms with Gasteiger partial charge in [0.25, 0.3) is 0 Å². The van der Waals surface area contributed by atoms with E-state index in [1.54, 1.807) is 6.20 Å². The lowest BCUT2D eigenvalue weighted by molar-refractivity contribution is -0.134. The Morgan fingerprint density at radius 1 is 1.50 bits per heavy atom. The third kappa shape index (κ3) is 7.12. The number of hydrogen-bond donors (Lipinski definition) is 1. The van der Waals surface area contributed by atoms with E-state index in [1.807, 2.05) is 0 Å². The van der Waals surface area contributed by atoms with E-state index in [-0.39, 0.29) is 5.97 Å². The summed E-state index contributed by atoms with van der Waals surface area (Å²) in [6.07, 6.45) is 6.58. The minimum absolute atomic E-state index is 0.321. The third-order valence-corrected chi connectivity index (χ3v) is 1.46. The minimum Gasteiger partial charge on any atom is -0.466 e. The molecule has 0 aromatic carbocycles. The van der Waals surface area contributed by atoms with Gasteiger partial charge in [-0.1, -0.05) is 19.8 Å². The Balaban J connectivity index is 3.18. The van der Waals surface area contributed by atoms with Gasteiger partial charge in [-0.15, -0.1) is 0 Å². The largest absolute Gasteiger partial charge is 0.466 e. The van der Waals surface area contributed by atoms with Crippen LogP contribution in [0.5, 0.6) is 0 Å². The molecule has 3 nitrogen and oxygen atoms in total. The Morgan fingerprint density at radius 3 is 2.83 bits per heavy atom. The predicted molar refractivity (Wildman–Crippen MR) is 48.7 cm³/mol. The second-order valence-corrected chi connectivity index (χ2v) is 2.52. The van der Waals surface area contributed by atoms with Crippen LogP contribution >= 0.6 is 0 Å². The Bertz CT molecular complexity index is 143.